The molecule has 0 radical (unpaired) electrons. The summed E-state index contributed by atoms with van der Waals surface area (Å²) < 4.78 is 30.2. The average molecular weight is 220 g/mol. The Hall–Kier alpha value is -1.66. The van der Waals surface area contributed by atoms with Gasteiger partial charge in [-0.1, -0.05) is 0 Å². The van der Waals surface area contributed by atoms with Gasteiger partial charge in [-0.15, -0.1) is 0 Å². The highest BCUT2D eigenvalue weighted by Crippen LogP contribution is 2.28. The Morgan fingerprint density at radius 1 is 1.67 bits per heavy atom. The Morgan fingerprint density at radius 2 is 2.27 bits per heavy atom. The first kappa shape index (κ1) is 11.4. The van der Waals surface area contributed by atoms with Gasteiger partial charge in [0.15, 0.2) is 5.56 Å². The summed E-state index contributed by atoms with van der Waals surface area (Å²) in [5.74, 6) is -1.62. The van der Waals surface area contributed by atoms with Gasteiger partial charge in [0.05, 0.1) is 6.61 Å². The Bertz CT molecular complexity index is 376. The van der Waals surface area contributed by atoms with Gasteiger partial charge in [0.25, 0.3) is 6.43 Å². The van der Waals surface area contributed by atoms with E-state index < -0.39 is 29.5 Å². The molecule has 0 fully saturated rings. The molecule has 15 heavy (non-hydrogen) atoms. The van der Waals surface area contributed by atoms with Crippen LogP contribution in [0.1, 0.15) is 29.4 Å². The van der Waals surface area contributed by atoms with E-state index in [0.29, 0.717) is 0 Å². The van der Waals surface area contributed by atoms with Crippen molar-refractivity contribution in [3.05, 3.63) is 11.3 Å². The third-order valence-electron chi connectivity index (χ3n) is 1.73. The normalized spacial score (nSPS) is 10.7. The van der Waals surface area contributed by atoms with Crippen molar-refractivity contribution in [1.82, 2.24) is 9.78 Å². The predicted molar refractivity (Wildman–Crippen MR) is 45.8 cm³/mol. The number of alkyl halides is 2. The fraction of sp³-hybridized carbons (Fsp3) is 0.500. The molecular formula is C8H10F2N2O3. The van der Waals surface area contributed by atoms with E-state index in [4.69, 9.17) is 0 Å². The molecule has 0 aliphatic rings. The molecule has 0 saturated heterocycles. The number of hydrogen-bond acceptors (Lipinski definition) is 4. The second-order valence-corrected chi connectivity index (χ2v) is 2.73. The summed E-state index contributed by atoms with van der Waals surface area (Å²) in [4.78, 5) is 11.2. The zero-order chi connectivity index (χ0) is 11.6. The van der Waals surface area contributed by atoms with Crippen molar-refractivity contribution < 1.29 is 23.4 Å². The summed E-state index contributed by atoms with van der Waals surface area (Å²) >= 11 is 0. The van der Waals surface area contributed by atoms with Crippen molar-refractivity contribution in [3.8, 4) is 5.88 Å². The first-order valence-electron chi connectivity index (χ1n) is 4.20. The molecule has 7 heteroatoms. The topological polar surface area (TPSA) is 64.3 Å². The first-order chi connectivity index (χ1) is 6.99. The highest BCUT2D eigenvalue weighted by Gasteiger charge is 2.28. The molecule has 0 aromatic carbocycles. The van der Waals surface area contributed by atoms with Crippen LogP contribution in [0.25, 0.3) is 0 Å². The largest absolute Gasteiger partial charge is 0.493 e. The summed E-state index contributed by atoms with van der Waals surface area (Å²) in [5.41, 5.74) is -1.34. The molecule has 1 N–H and O–H groups in total. The van der Waals surface area contributed by atoms with E-state index in [1.54, 1.807) is 0 Å². The molecule has 0 amide bonds. The molecule has 0 aliphatic carbocycles. The molecule has 1 rings (SSSR count). The third kappa shape index (κ3) is 2.05. The highest BCUT2D eigenvalue weighted by molar-refractivity contribution is 5.93. The minimum absolute atomic E-state index is 0.0375. The van der Waals surface area contributed by atoms with Crippen molar-refractivity contribution in [2.45, 2.75) is 13.3 Å². The zero-order valence-corrected chi connectivity index (χ0v) is 8.20. The van der Waals surface area contributed by atoms with Crippen LogP contribution < -0.4 is 0 Å². The number of carbonyl (C=O) groups excluding carboxylic acids is 1. The van der Waals surface area contributed by atoms with Crippen LogP contribution >= 0.6 is 0 Å². The monoisotopic (exact) mass is 220 g/mol. The van der Waals surface area contributed by atoms with Crippen LogP contribution in [-0.2, 0) is 11.8 Å². The third-order valence-corrected chi connectivity index (χ3v) is 1.73. The van der Waals surface area contributed by atoms with Crippen molar-refractivity contribution in [2.24, 2.45) is 7.05 Å². The fourth-order valence-corrected chi connectivity index (χ4v) is 1.09. The van der Waals surface area contributed by atoms with Gasteiger partial charge in [-0.05, 0) is 6.92 Å². The Balaban J connectivity index is 3.19. The summed E-state index contributed by atoms with van der Waals surface area (Å²) in [7, 11) is 1.25. The van der Waals surface area contributed by atoms with Crippen molar-refractivity contribution >= 4 is 5.97 Å². The minimum Gasteiger partial charge on any atom is -0.493 e. The Labute approximate surface area is 84.3 Å². The van der Waals surface area contributed by atoms with Crippen molar-refractivity contribution in [2.75, 3.05) is 6.61 Å². The van der Waals surface area contributed by atoms with E-state index in [-0.39, 0.29) is 6.61 Å². The van der Waals surface area contributed by atoms with Crippen LogP contribution in [0.3, 0.4) is 0 Å². The van der Waals surface area contributed by atoms with Crippen molar-refractivity contribution in [1.29, 1.82) is 0 Å². The molecule has 0 spiro atoms. The molecule has 0 bridgehead atoms. The number of nitrogens with zero attached hydrogens (tertiary/aromatic N) is 2. The Morgan fingerprint density at radius 3 is 2.73 bits per heavy atom. The van der Waals surface area contributed by atoms with Crippen LogP contribution in [0.5, 0.6) is 5.88 Å². The second kappa shape index (κ2) is 4.24. The maximum atomic E-state index is 12.4. The van der Waals surface area contributed by atoms with Crippen LogP contribution in [0.4, 0.5) is 8.78 Å². The fourth-order valence-electron chi connectivity index (χ4n) is 1.09. The van der Waals surface area contributed by atoms with Gasteiger partial charge in [-0.25, -0.2) is 18.3 Å². The van der Waals surface area contributed by atoms with Crippen LogP contribution in [-0.4, -0.2) is 27.5 Å². The molecule has 1 aromatic rings. The quantitative estimate of drug-likeness (QED) is 0.778. The molecule has 1 aromatic heterocycles. The standard InChI is InChI=1S/C8H10F2N2O3/c1-3-15-8(14)4-5(6(9)10)11-12(2)7(4)13/h6,13H,3H2,1-2H3. The van der Waals surface area contributed by atoms with Crippen LogP contribution in [0.2, 0.25) is 0 Å². The summed E-state index contributed by atoms with van der Waals surface area (Å²) in [6.07, 6.45) is -2.93. The molecule has 0 aliphatic heterocycles. The number of aromatic nitrogens is 2. The smallest absolute Gasteiger partial charge is 0.345 e. The first-order valence-corrected chi connectivity index (χ1v) is 4.20. The van der Waals surface area contributed by atoms with Gasteiger partial charge < -0.3 is 9.84 Å². The number of halogens is 2. The second-order valence-electron chi connectivity index (χ2n) is 2.73. The molecule has 0 atom stereocenters. The predicted octanol–water partition coefficient (Wildman–Crippen LogP) is 1.24. The maximum absolute atomic E-state index is 12.4. The van der Waals surface area contributed by atoms with Gasteiger partial charge in [-0.2, -0.15) is 5.10 Å². The van der Waals surface area contributed by atoms with E-state index >= 15 is 0 Å². The number of aromatic hydroxyl groups is 1. The summed E-state index contributed by atoms with van der Waals surface area (Å²) in [5, 5.41) is 12.7. The average Bonchev–Trinajstić information content (AvgIpc) is 2.44. The lowest BCUT2D eigenvalue weighted by atomic mass is 10.2. The highest BCUT2D eigenvalue weighted by atomic mass is 19.3. The molecule has 0 unspecified atom stereocenters. The number of rotatable bonds is 3. The molecule has 5 nitrogen and oxygen atoms in total. The Kier molecular flexibility index (Phi) is 3.23. The van der Waals surface area contributed by atoms with E-state index in [1.165, 1.54) is 14.0 Å². The van der Waals surface area contributed by atoms with Gasteiger partial charge >= 0.3 is 5.97 Å². The van der Waals surface area contributed by atoms with Crippen molar-refractivity contribution in [3.63, 3.8) is 0 Å². The number of aryl methyl sites for hydroxylation is 1. The van der Waals surface area contributed by atoms with E-state index in [2.05, 4.69) is 9.84 Å². The van der Waals surface area contributed by atoms with E-state index in [1.807, 2.05) is 0 Å². The lowest BCUT2D eigenvalue weighted by Gasteiger charge is -2.01. The zero-order valence-electron chi connectivity index (χ0n) is 8.20. The van der Waals surface area contributed by atoms with Gasteiger partial charge in [0.2, 0.25) is 5.88 Å². The minimum atomic E-state index is -2.93. The maximum Gasteiger partial charge on any atom is 0.345 e. The number of hydrogen-bond donors (Lipinski definition) is 1. The molecule has 84 valence electrons. The summed E-state index contributed by atoms with van der Waals surface area (Å²) in [6.45, 7) is 1.57. The lowest BCUT2D eigenvalue weighted by molar-refractivity contribution is 0.0511. The lowest BCUT2D eigenvalue weighted by Crippen LogP contribution is -2.07. The van der Waals surface area contributed by atoms with E-state index in [0.717, 1.165) is 4.68 Å². The molecule has 0 saturated carbocycles. The van der Waals surface area contributed by atoms with Gasteiger partial charge in [-0.3, -0.25) is 0 Å². The number of carbonyl (C=O) groups is 1. The number of esters is 1. The van der Waals surface area contributed by atoms with Gasteiger partial charge in [0.1, 0.15) is 5.69 Å². The summed E-state index contributed by atoms with van der Waals surface area (Å²) in [6, 6.07) is 0. The SMILES string of the molecule is CCOC(=O)c1c(C(F)F)nn(C)c1O. The van der Waals surface area contributed by atoms with E-state index in [9.17, 15) is 18.7 Å². The molecular weight excluding hydrogens is 210 g/mol. The van der Waals surface area contributed by atoms with Gasteiger partial charge in [0, 0.05) is 7.05 Å². The molecule has 1 heterocycles. The van der Waals surface area contributed by atoms with Crippen LogP contribution in [0.15, 0.2) is 0 Å². The van der Waals surface area contributed by atoms with Crippen LogP contribution in [0, 0.1) is 0 Å². The number of ether oxygens (including phenoxy) is 1.